The fourth-order valence-electron chi connectivity index (χ4n) is 2.30. The Hall–Kier alpha value is -2.50. The largest absolute Gasteiger partial charge is 0.398 e. The molecule has 2 N–H and O–H groups in total. The topological polar surface area (TPSA) is 95.0 Å². The first-order chi connectivity index (χ1) is 12.3. The molecule has 1 aromatic carbocycles. The Morgan fingerprint density at radius 1 is 1.48 bits per heavy atom. The highest BCUT2D eigenvalue weighted by molar-refractivity contribution is 6.03. The van der Waals surface area contributed by atoms with Crippen LogP contribution in [0.1, 0.15) is 39.3 Å². The summed E-state index contributed by atoms with van der Waals surface area (Å²) in [5.74, 6) is -2.25. The predicted octanol–water partition coefficient (Wildman–Crippen LogP) is 1.15. The molecule has 3 rings (SSSR count). The lowest BCUT2D eigenvalue weighted by Crippen LogP contribution is -2.36. The molecule has 0 saturated heterocycles. The van der Waals surface area contributed by atoms with E-state index in [4.69, 9.17) is 14.0 Å². The Morgan fingerprint density at radius 2 is 2.24 bits per heavy atom. The number of ketones is 2. The smallest absolute Gasteiger partial charge is 0.264 e. The summed E-state index contributed by atoms with van der Waals surface area (Å²) in [6.07, 6.45) is -6.84. The number of anilines is 1. The van der Waals surface area contributed by atoms with Crippen molar-refractivity contribution >= 4 is 28.2 Å². The van der Waals surface area contributed by atoms with Crippen molar-refractivity contribution in [3.05, 3.63) is 34.3 Å². The molecule has 0 radical (unpaired) electrons. The van der Waals surface area contributed by atoms with Crippen LogP contribution in [0, 0.1) is 6.92 Å². The number of fused-ring (bicyclic) bond motifs is 1. The number of aryl methyl sites for hydroxylation is 1. The molecule has 108 valence electrons. The maximum absolute atomic E-state index is 13.0. The molecule has 0 spiro atoms. The lowest BCUT2D eigenvalue weighted by atomic mass is 9.92. The average Bonchev–Trinajstić information content (AvgIpc) is 2.54. The highest BCUT2D eigenvalue weighted by atomic mass is 16.2. The molecule has 21 heavy (non-hydrogen) atoms. The van der Waals surface area contributed by atoms with E-state index < -0.39 is 48.4 Å². The summed E-state index contributed by atoms with van der Waals surface area (Å²) in [5.41, 5.74) is 4.51. The van der Waals surface area contributed by atoms with Crippen molar-refractivity contribution in [2.45, 2.75) is 32.1 Å². The standard InChI is InChI=1S/C15H15N3O3/c1-8-17-11-4-2-3-10(16)14(11)15(21)18(8)12-6-5-9(19)7-13(12)20/h2-4,12H,5-7,16H2,1H3/i2D,3D,5D2,6D2. The number of hydrogen-bond acceptors (Lipinski definition) is 5. The molecule has 1 aromatic heterocycles. The normalized spacial score (nSPS) is 28.1. The van der Waals surface area contributed by atoms with Crippen LogP contribution in [0.2, 0.25) is 0 Å². The Kier molecular flexibility index (Phi) is 1.84. The first kappa shape index (κ1) is 8.07. The van der Waals surface area contributed by atoms with Crippen LogP contribution in [0.15, 0.2) is 22.9 Å². The van der Waals surface area contributed by atoms with Crippen molar-refractivity contribution in [2.24, 2.45) is 0 Å². The van der Waals surface area contributed by atoms with E-state index in [-0.39, 0.29) is 28.5 Å². The molecule has 1 saturated carbocycles. The Morgan fingerprint density at radius 3 is 3.00 bits per heavy atom. The quantitative estimate of drug-likeness (QED) is 0.628. The van der Waals surface area contributed by atoms with Crippen LogP contribution in [0.4, 0.5) is 5.69 Å². The molecule has 6 heteroatoms. The van der Waals surface area contributed by atoms with Gasteiger partial charge in [0.15, 0.2) is 5.78 Å². The Balaban J connectivity index is 2.39. The highest BCUT2D eigenvalue weighted by Crippen LogP contribution is 2.24. The molecule has 1 aliphatic rings. The van der Waals surface area contributed by atoms with E-state index in [1.54, 1.807) is 0 Å². The summed E-state index contributed by atoms with van der Waals surface area (Å²) >= 11 is 0. The van der Waals surface area contributed by atoms with Gasteiger partial charge < -0.3 is 5.73 Å². The first-order valence-electron chi connectivity index (χ1n) is 9.17. The molecular weight excluding hydrogens is 270 g/mol. The predicted molar refractivity (Wildman–Crippen MR) is 78.1 cm³/mol. The SMILES string of the molecule is [2H]c1cc2nc(C)n(C3C(=O)CC(=O)C([2H])([2H])C3([2H])[2H])c(=O)c2c(N)c1[2H]. The van der Waals surface area contributed by atoms with Gasteiger partial charge in [-0.1, -0.05) is 6.04 Å². The number of Topliss-reactive ketones (excluding diaryl/α,β-unsaturated/α-hetero) is 2. The van der Waals surface area contributed by atoms with E-state index in [0.717, 1.165) is 6.07 Å². The van der Waals surface area contributed by atoms with E-state index in [0.29, 0.717) is 4.57 Å². The molecule has 2 aromatic rings. The van der Waals surface area contributed by atoms with Gasteiger partial charge in [-0.2, -0.15) is 0 Å². The number of hydrogen-bond donors (Lipinski definition) is 1. The zero-order chi connectivity index (χ0) is 20.5. The average molecular weight is 291 g/mol. The molecule has 0 amide bonds. The molecule has 1 unspecified atom stereocenters. The van der Waals surface area contributed by atoms with Crippen molar-refractivity contribution < 1.29 is 17.8 Å². The number of nitrogens with two attached hydrogens (primary N) is 1. The number of nitrogen functional groups attached to an aromatic ring is 1. The number of rotatable bonds is 1. The van der Waals surface area contributed by atoms with Gasteiger partial charge in [-0.05, 0) is 25.4 Å². The molecule has 1 heterocycles. The van der Waals surface area contributed by atoms with Crippen molar-refractivity contribution in [2.75, 3.05) is 5.73 Å². The fourth-order valence-corrected chi connectivity index (χ4v) is 2.30. The van der Waals surface area contributed by atoms with Gasteiger partial charge in [-0.25, -0.2) is 4.98 Å². The van der Waals surface area contributed by atoms with Crippen LogP contribution in [0.5, 0.6) is 0 Å². The molecule has 0 aliphatic heterocycles. The van der Waals surface area contributed by atoms with Crippen LogP contribution >= 0.6 is 0 Å². The third-order valence-electron chi connectivity index (χ3n) is 3.25. The van der Waals surface area contributed by atoms with Crippen LogP contribution in [-0.2, 0) is 9.59 Å². The van der Waals surface area contributed by atoms with Gasteiger partial charge in [0, 0.05) is 17.5 Å². The monoisotopic (exact) mass is 291 g/mol. The zero-order valence-corrected chi connectivity index (χ0v) is 11.1. The molecule has 6 nitrogen and oxygen atoms in total. The summed E-state index contributed by atoms with van der Waals surface area (Å²) in [7, 11) is 0. The minimum absolute atomic E-state index is 0.00940. The van der Waals surface area contributed by atoms with E-state index in [1.165, 1.54) is 6.92 Å². The third-order valence-corrected chi connectivity index (χ3v) is 3.25. The van der Waals surface area contributed by atoms with Gasteiger partial charge in [0.05, 0.1) is 26.1 Å². The van der Waals surface area contributed by atoms with Crippen LogP contribution < -0.4 is 11.3 Å². The van der Waals surface area contributed by atoms with Crippen LogP contribution in [0.25, 0.3) is 10.9 Å². The minimum Gasteiger partial charge on any atom is -0.398 e. The second-order valence-electron chi connectivity index (χ2n) is 4.66. The Labute approximate surface area is 129 Å². The summed E-state index contributed by atoms with van der Waals surface area (Å²) < 4.78 is 47.9. The first-order valence-corrected chi connectivity index (χ1v) is 6.17. The summed E-state index contributed by atoms with van der Waals surface area (Å²) in [6.45, 7) is 1.32. The zero-order valence-electron chi connectivity index (χ0n) is 17.1. The summed E-state index contributed by atoms with van der Waals surface area (Å²) in [5, 5.41) is -0.261. The lowest BCUT2D eigenvalue weighted by Gasteiger charge is -2.24. The van der Waals surface area contributed by atoms with Crippen molar-refractivity contribution in [3.8, 4) is 0 Å². The number of nitrogens with zero attached hydrogens (tertiary/aromatic N) is 2. The second-order valence-corrected chi connectivity index (χ2v) is 4.66. The lowest BCUT2D eigenvalue weighted by molar-refractivity contribution is -0.132. The molecule has 0 bridgehead atoms. The number of aromatic nitrogens is 2. The third kappa shape index (κ3) is 2.12. The Bertz CT molecular complexity index is 1080. The van der Waals surface area contributed by atoms with Crippen LogP contribution in [-0.4, -0.2) is 21.1 Å². The van der Waals surface area contributed by atoms with Gasteiger partial charge in [-0.15, -0.1) is 0 Å². The van der Waals surface area contributed by atoms with Crippen molar-refractivity contribution in [1.29, 1.82) is 0 Å². The number of carbonyl (C=O) groups excluding carboxylic acids is 2. The van der Waals surface area contributed by atoms with E-state index in [2.05, 4.69) is 4.98 Å². The molecule has 1 fully saturated rings. The van der Waals surface area contributed by atoms with E-state index >= 15 is 0 Å². The second kappa shape index (κ2) is 4.80. The van der Waals surface area contributed by atoms with Crippen molar-refractivity contribution in [3.63, 3.8) is 0 Å². The van der Waals surface area contributed by atoms with Gasteiger partial charge in [0.2, 0.25) is 0 Å². The maximum Gasteiger partial charge on any atom is 0.264 e. The molecule has 1 aliphatic carbocycles. The van der Waals surface area contributed by atoms with Gasteiger partial charge in [0.25, 0.3) is 5.56 Å². The van der Waals surface area contributed by atoms with Gasteiger partial charge in [-0.3, -0.25) is 19.0 Å². The maximum atomic E-state index is 13.0. The number of carbonyl (C=O) groups is 2. The van der Waals surface area contributed by atoms with Gasteiger partial charge >= 0.3 is 0 Å². The van der Waals surface area contributed by atoms with Crippen LogP contribution in [0.3, 0.4) is 0 Å². The fraction of sp³-hybridized carbons (Fsp3) is 0.333. The molecule has 1 atom stereocenters. The highest BCUT2D eigenvalue weighted by Gasteiger charge is 2.30. The minimum atomic E-state index is -3.00. The summed E-state index contributed by atoms with van der Waals surface area (Å²) in [4.78, 5) is 41.4. The van der Waals surface area contributed by atoms with Gasteiger partial charge in [0.1, 0.15) is 11.6 Å². The van der Waals surface area contributed by atoms with Crippen molar-refractivity contribution in [1.82, 2.24) is 9.55 Å². The van der Waals surface area contributed by atoms with E-state index in [9.17, 15) is 14.4 Å². The number of benzene rings is 1. The summed E-state index contributed by atoms with van der Waals surface area (Å²) in [6, 6.07) is -1.43. The van der Waals surface area contributed by atoms with E-state index in [1.807, 2.05) is 0 Å². The molecular formula is C15H15N3O3.